The highest BCUT2D eigenvalue weighted by Gasteiger charge is 2.29. The molecular weight excluding hydrogens is 1100 g/mol. The molecule has 0 amide bonds. The van der Waals surface area contributed by atoms with Crippen LogP contribution in [0, 0.1) is 0 Å². The van der Waals surface area contributed by atoms with Gasteiger partial charge in [-0.05, 0) is 83.5 Å². The Kier molecular flexibility index (Phi) is 57.2. The second-order valence-electron chi connectivity index (χ2n) is 21.5. The van der Waals surface area contributed by atoms with Crippen molar-refractivity contribution in [3.8, 4) is 0 Å². The molecule has 0 saturated carbocycles. The van der Waals surface area contributed by atoms with Crippen LogP contribution in [0.1, 0.15) is 265 Å². The third-order valence-corrected chi connectivity index (χ3v) is 15.3. The first-order valence-electron chi connectivity index (χ1n) is 32.2. The van der Waals surface area contributed by atoms with Gasteiger partial charge in [-0.25, -0.2) is 9.13 Å². The zero-order chi connectivity index (χ0) is 61.0. The van der Waals surface area contributed by atoms with Crippen molar-refractivity contribution in [2.75, 3.05) is 39.6 Å². The number of hydrogen-bond donors (Lipinski definition) is 4. The van der Waals surface area contributed by atoms with E-state index in [1.807, 2.05) is 12.2 Å². The maximum absolute atomic E-state index is 12.9. The third-order valence-electron chi connectivity index (χ3n) is 13.4. The summed E-state index contributed by atoms with van der Waals surface area (Å²) in [6.45, 7) is 2.48. The highest BCUT2D eigenvalue weighted by molar-refractivity contribution is 7.47. The first-order valence-corrected chi connectivity index (χ1v) is 35.2. The fraction of sp³-hybridized carbons (Fsp3) is 0.769. The minimum Gasteiger partial charge on any atom is -0.463 e. The molecule has 0 aromatic carbocycles. The number of aliphatic hydroxyl groups excluding tert-OH is 2. The molecule has 0 fully saturated rings. The largest absolute Gasteiger partial charge is 0.472 e. The number of phosphoric acid groups is 2. The summed E-state index contributed by atoms with van der Waals surface area (Å²) in [5, 5.41) is 20.5. The number of hydrogen-bond acceptors (Lipinski definition) is 14. The molecule has 18 heteroatoms. The molecule has 0 bridgehead atoms. The quantitative estimate of drug-likeness (QED) is 0.0146. The molecule has 0 radical (unpaired) electrons. The number of ether oxygens (including phenoxy) is 3. The zero-order valence-electron chi connectivity index (χ0n) is 51.9. The topological polar surface area (TPSA) is 231 Å². The van der Waals surface area contributed by atoms with Crippen molar-refractivity contribution in [2.24, 2.45) is 0 Å². The molecule has 5 unspecified atom stereocenters. The Bertz CT molecular complexity index is 1820. The van der Waals surface area contributed by atoms with Gasteiger partial charge < -0.3 is 34.2 Å². The Labute approximate surface area is 503 Å². The number of unbranched alkanes of at least 4 members (excludes halogenated alkanes) is 26. The maximum atomic E-state index is 12.9. The molecule has 0 aromatic heterocycles. The summed E-state index contributed by atoms with van der Waals surface area (Å²) < 4.78 is 60.7. The summed E-state index contributed by atoms with van der Waals surface area (Å²) in [5.74, 6) is -1.63. The van der Waals surface area contributed by atoms with Gasteiger partial charge in [0.25, 0.3) is 0 Å². The molecule has 5 atom stereocenters. The average Bonchev–Trinajstić information content (AvgIpc) is 3.47. The van der Waals surface area contributed by atoms with E-state index in [1.54, 1.807) is 0 Å². The van der Waals surface area contributed by atoms with E-state index in [1.165, 1.54) is 103 Å². The summed E-state index contributed by atoms with van der Waals surface area (Å²) in [4.78, 5) is 58.2. The lowest BCUT2D eigenvalue weighted by molar-refractivity contribution is -0.161. The van der Waals surface area contributed by atoms with Crippen LogP contribution < -0.4 is 0 Å². The van der Waals surface area contributed by atoms with E-state index in [-0.39, 0.29) is 19.3 Å². The van der Waals surface area contributed by atoms with E-state index in [2.05, 4.69) is 81.5 Å². The van der Waals surface area contributed by atoms with Gasteiger partial charge in [0.2, 0.25) is 0 Å². The first-order chi connectivity index (χ1) is 40.2. The number of rotatable bonds is 61. The van der Waals surface area contributed by atoms with Gasteiger partial charge in [-0.2, -0.15) is 0 Å². The zero-order valence-corrected chi connectivity index (χ0v) is 53.6. The Morgan fingerprint density at radius 3 is 1.07 bits per heavy atom. The minimum atomic E-state index is -4.92. The fourth-order valence-corrected chi connectivity index (χ4v) is 10.1. The summed E-state index contributed by atoms with van der Waals surface area (Å²) in [6, 6.07) is 0. The first kappa shape index (κ1) is 80.0. The van der Waals surface area contributed by atoms with Crippen LogP contribution >= 0.6 is 15.6 Å². The van der Waals surface area contributed by atoms with E-state index in [0.29, 0.717) is 25.7 Å². The van der Waals surface area contributed by atoms with Gasteiger partial charge in [-0.3, -0.25) is 32.5 Å². The van der Waals surface area contributed by atoms with Gasteiger partial charge in [0.15, 0.2) is 6.10 Å². The Morgan fingerprint density at radius 1 is 0.349 bits per heavy atom. The van der Waals surface area contributed by atoms with Crippen molar-refractivity contribution in [1.29, 1.82) is 0 Å². The van der Waals surface area contributed by atoms with Crippen LogP contribution in [-0.2, 0) is 55.8 Å². The van der Waals surface area contributed by atoms with Crippen molar-refractivity contribution in [1.82, 2.24) is 0 Å². The predicted octanol–water partition coefficient (Wildman–Crippen LogP) is 17.2. The van der Waals surface area contributed by atoms with Crippen LogP contribution in [-0.4, -0.2) is 95.9 Å². The Hall–Kier alpha value is -3.01. The average molecular weight is 1220 g/mol. The molecule has 0 saturated heterocycles. The van der Waals surface area contributed by atoms with E-state index in [0.717, 1.165) is 96.3 Å². The number of phosphoric ester groups is 2. The summed E-state index contributed by atoms with van der Waals surface area (Å²) >= 11 is 0. The highest BCUT2D eigenvalue weighted by Crippen LogP contribution is 2.45. The molecule has 0 aliphatic rings. The van der Waals surface area contributed by atoms with Crippen molar-refractivity contribution in [3.63, 3.8) is 0 Å². The van der Waals surface area contributed by atoms with Crippen LogP contribution in [0.4, 0.5) is 0 Å². The fourth-order valence-electron chi connectivity index (χ4n) is 8.48. The molecule has 0 aliphatic heterocycles. The smallest absolute Gasteiger partial charge is 0.463 e. The van der Waals surface area contributed by atoms with Gasteiger partial charge in [-0.1, -0.05) is 235 Å². The Morgan fingerprint density at radius 2 is 0.651 bits per heavy atom. The van der Waals surface area contributed by atoms with E-state index >= 15 is 0 Å². The van der Waals surface area contributed by atoms with Gasteiger partial charge in [0.05, 0.1) is 26.4 Å². The maximum Gasteiger partial charge on any atom is 0.472 e. The molecule has 0 aromatic rings. The molecule has 83 heavy (non-hydrogen) atoms. The Balaban J connectivity index is 4.73. The lowest BCUT2D eigenvalue weighted by Gasteiger charge is -2.21. The number of allylic oxidation sites excluding steroid dienone is 12. The molecule has 16 nitrogen and oxygen atoms in total. The molecular formula is C65H116O16P2. The van der Waals surface area contributed by atoms with Gasteiger partial charge >= 0.3 is 33.6 Å². The third kappa shape index (κ3) is 60.5. The number of esters is 3. The molecule has 0 heterocycles. The van der Waals surface area contributed by atoms with Crippen molar-refractivity contribution in [2.45, 2.75) is 283 Å². The normalized spacial score (nSPS) is 14.8. The van der Waals surface area contributed by atoms with Crippen LogP contribution in [0.2, 0.25) is 0 Å². The standard InChI is InChI=1S/C65H116O16P2/c1-4-7-10-13-16-19-22-25-28-29-32-34-36-39-42-45-48-51-63(68)75-54-60(66)55-77-82(71,72)78-56-61(67)57-79-83(73,74)80-59-62(81-65(70)53-50-47-44-41-38-35-31-27-24-21-18-15-12-9-6-3)58-76-64(69)52-49-46-43-40-37-33-30-26-23-20-17-14-11-8-5-2/h7,10,16,19,25-26,28,30,32,34,39,42,60-62,66-67H,4-6,8-9,11-15,17-18,20-24,27,29,31,33,35-38,40-41,43-59H2,1-3H3,(H,71,72)(H,73,74)/b10-7-,19-16-,28-25-,30-26-,34-32-,42-39-. The molecule has 0 aliphatic carbocycles. The molecule has 482 valence electrons. The van der Waals surface area contributed by atoms with Crippen LogP contribution in [0.25, 0.3) is 0 Å². The van der Waals surface area contributed by atoms with Crippen LogP contribution in [0.15, 0.2) is 72.9 Å². The van der Waals surface area contributed by atoms with Crippen molar-refractivity contribution in [3.05, 3.63) is 72.9 Å². The van der Waals surface area contributed by atoms with Gasteiger partial charge in [0.1, 0.15) is 25.4 Å². The monoisotopic (exact) mass is 1210 g/mol. The lowest BCUT2D eigenvalue weighted by atomic mass is 10.0. The summed E-state index contributed by atoms with van der Waals surface area (Å²) in [5.41, 5.74) is 0. The van der Waals surface area contributed by atoms with Crippen molar-refractivity contribution >= 4 is 33.6 Å². The van der Waals surface area contributed by atoms with Gasteiger partial charge in [0, 0.05) is 19.3 Å². The van der Waals surface area contributed by atoms with Crippen LogP contribution in [0.5, 0.6) is 0 Å². The molecule has 4 N–H and O–H groups in total. The second-order valence-corrected chi connectivity index (χ2v) is 24.4. The molecule has 0 spiro atoms. The number of aliphatic hydroxyl groups is 2. The van der Waals surface area contributed by atoms with Gasteiger partial charge in [-0.15, -0.1) is 0 Å². The molecule has 0 rings (SSSR count). The van der Waals surface area contributed by atoms with Crippen LogP contribution in [0.3, 0.4) is 0 Å². The SMILES string of the molecule is CC/C=C\C/C=C\C/C=C\C/C=C\C/C=C\CCCC(=O)OCC(O)COP(=O)(O)OCC(O)COP(=O)(O)OCC(COC(=O)CCCCCCC/C=C\CCCCCCCC)OC(=O)CCCCCCCCCCCCCCCCC. The number of carbonyl (C=O) groups excluding carboxylic acids is 3. The van der Waals surface area contributed by atoms with E-state index in [4.69, 9.17) is 32.3 Å². The van der Waals surface area contributed by atoms with E-state index < -0.39 is 91.5 Å². The second kappa shape index (κ2) is 59.3. The minimum absolute atomic E-state index is 0.107. The number of carbonyl (C=O) groups is 3. The van der Waals surface area contributed by atoms with E-state index in [9.17, 15) is 43.5 Å². The highest BCUT2D eigenvalue weighted by atomic mass is 31.2. The predicted molar refractivity (Wildman–Crippen MR) is 335 cm³/mol. The summed E-state index contributed by atoms with van der Waals surface area (Å²) in [7, 11) is -9.78. The lowest BCUT2D eigenvalue weighted by Crippen LogP contribution is -2.30. The summed E-state index contributed by atoms with van der Waals surface area (Å²) in [6.07, 6.45) is 59.7. The van der Waals surface area contributed by atoms with Crippen molar-refractivity contribution < 1.29 is 75.8 Å².